The molecule has 1 amide bonds. The van der Waals surface area contributed by atoms with Gasteiger partial charge in [0.2, 0.25) is 5.91 Å². The number of amides is 1. The Morgan fingerprint density at radius 1 is 1.20 bits per heavy atom. The van der Waals surface area contributed by atoms with Crippen molar-refractivity contribution in [1.82, 2.24) is 15.1 Å². The van der Waals surface area contributed by atoms with Gasteiger partial charge in [-0.3, -0.25) is 4.79 Å². The highest BCUT2D eigenvalue weighted by Gasteiger charge is 2.27. The fourth-order valence-electron chi connectivity index (χ4n) is 3.75. The van der Waals surface area contributed by atoms with E-state index in [-0.39, 0.29) is 17.6 Å². The van der Waals surface area contributed by atoms with Gasteiger partial charge in [0.25, 0.3) is 0 Å². The minimum absolute atomic E-state index is 0.154. The van der Waals surface area contributed by atoms with Gasteiger partial charge in [-0.05, 0) is 49.1 Å². The van der Waals surface area contributed by atoms with Gasteiger partial charge in [0, 0.05) is 31.0 Å². The van der Waals surface area contributed by atoms with Crippen LogP contribution in [0.5, 0.6) is 5.75 Å². The molecule has 0 saturated carbocycles. The molecule has 1 atom stereocenters. The van der Waals surface area contributed by atoms with E-state index in [1.165, 1.54) is 17.4 Å². The Morgan fingerprint density at radius 2 is 2.00 bits per heavy atom. The number of carbonyl (C=O) groups is 1. The first-order valence-corrected chi connectivity index (χ1v) is 10.9. The van der Waals surface area contributed by atoms with E-state index in [2.05, 4.69) is 10.2 Å². The van der Waals surface area contributed by atoms with E-state index in [4.69, 9.17) is 4.74 Å². The summed E-state index contributed by atoms with van der Waals surface area (Å²) < 4.78 is 19.2. The Labute approximate surface area is 179 Å². The molecule has 7 heteroatoms. The van der Waals surface area contributed by atoms with Crippen LogP contribution in [0.2, 0.25) is 0 Å². The van der Waals surface area contributed by atoms with Crippen molar-refractivity contribution in [1.29, 1.82) is 0 Å². The van der Waals surface area contributed by atoms with Crippen LogP contribution in [0, 0.1) is 5.82 Å². The zero-order valence-corrected chi connectivity index (χ0v) is 17.7. The second kappa shape index (κ2) is 9.34. The van der Waals surface area contributed by atoms with Crippen LogP contribution in [0.1, 0.15) is 35.8 Å². The van der Waals surface area contributed by atoms with Crippen molar-refractivity contribution >= 4 is 17.2 Å². The molecule has 4 rings (SSSR count). The summed E-state index contributed by atoms with van der Waals surface area (Å²) in [7, 11) is 1.64. The Hall–Kier alpha value is -2.80. The molecule has 1 fully saturated rings. The number of methoxy groups -OCH3 is 1. The molecule has 0 bridgehead atoms. The van der Waals surface area contributed by atoms with E-state index in [1.54, 1.807) is 25.3 Å². The summed E-state index contributed by atoms with van der Waals surface area (Å²) in [6.07, 6.45) is 3.09. The molecule has 0 spiro atoms. The van der Waals surface area contributed by atoms with E-state index in [9.17, 15) is 9.18 Å². The fraction of sp³-hybridized carbons (Fsp3) is 0.348. The molecule has 0 radical (unpaired) electrons. The van der Waals surface area contributed by atoms with Crippen LogP contribution in [0.4, 0.5) is 4.39 Å². The highest BCUT2D eigenvalue weighted by Crippen LogP contribution is 2.33. The smallest absolute Gasteiger partial charge is 0.222 e. The van der Waals surface area contributed by atoms with Crippen LogP contribution in [-0.2, 0) is 11.2 Å². The van der Waals surface area contributed by atoms with Gasteiger partial charge in [-0.25, -0.2) is 4.39 Å². The van der Waals surface area contributed by atoms with Crippen molar-refractivity contribution in [2.45, 2.75) is 31.6 Å². The van der Waals surface area contributed by atoms with Gasteiger partial charge in [-0.2, -0.15) is 0 Å². The van der Waals surface area contributed by atoms with Crippen molar-refractivity contribution < 1.29 is 13.9 Å². The fourth-order valence-corrected chi connectivity index (χ4v) is 4.75. The molecule has 5 nitrogen and oxygen atoms in total. The third kappa shape index (κ3) is 4.67. The Morgan fingerprint density at radius 3 is 2.77 bits per heavy atom. The lowest BCUT2D eigenvalue weighted by Crippen LogP contribution is -2.39. The van der Waals surface area contributed by atoms with Crippen LogP contribution in [0.15, 0.2) is 48.5 Å². The van der Waals surface area contributed by atoms with Crippen LogP contribution in [0.25, 0.3) is 10.6 Å². The third-order valence-electron chi connectivity index (χ3n) is 5.45. The first kappa shape index (κ1) is 20.5. The Kier molecular flexibility index (Phi) is 6.38. The van der Waals surface area contributed by atoms with E-state index < -0.39 is 0 Å². The van der Waals surface area contributed by atoms with Gasteiger partial charge in [0.15, 0.2) is 5.01 Å². The lowest BCUT2D eigenvalue weighted by molar-refractivity contribution is -0.132. The molecule has 1 aliphatic rings. The summed E-state index contributed by atoms with van der Waals surface area (Å²) in [6, 6.07) is 14.4. The summed E-state index contributed by atoms with van der Waals surface area (Å²) in [4.78, 5) is 14.7. The van der Waals surface area contributed by atoms with Gasteiger partial charge in [0.1, 0.15) is 16.6 Å². The third-order valence-corrected chi connectivity index (χ3v) is 6.57. The van der Waals surface area contributed by atoms with E-state index >= 15 is 0 Å². The zero-order chi connectivity index (χ0) is 20.9. The minimum atomic E-state index is -0.292. The first-order chi connectivity index (χ1) is 14.6. The monoisotopic (exact) mass is 425 g/mol. The molecule has 0 N–H and O–H groups in total. The Bertz CT molecular complexity index is 1010. The topological polar surface area (TPSA) is 55.3 Å². The number of likely N-dealkylation sites (tertiary alicyclic amines) is 1. The van der Waals surface area contributed by atoms with Gasteiger partial charge in [-0.1, -0.05) is 35.6 Å². The molecule has 1 unspecified atom stereocenters. The number of aryl methyl sites for hydroxylation is 1. The largest absolute Gasteiger partial charge is 0.497 e. The number of halogens is 1. The first-order valence-electron chi connectivity index (χ1n) is 10.1. The number of benzene rings is 2. The standard InChI is InChI=1S/C23H24FN3O2S/c1-29-18-11-8-16(9-12-18)10-13-21(28)27-14-4-5-17(15-27)22-25-26-23(30-22)19-6-2-3-7-20(19)24/h2-3,6-9,11-12,17H,4-5,10,13-15H2,1H3. The summed E-state index contributed by atoms with van der Waals surface area (Å²) in [6.45, 7) is 1.42. The summed E-state index contributed by atoms with van der Waals surface area (Å²) >= 11 is 1.42. The molecule has 1 aromatic heterocycles. The molecule has 30 heavy (non-hydrogen) atoms. The van der Waals surface area contributed by atoms with Crippen LogP contribution in [-0.4, -0.2) is 41.2 Å². The maximum atomic E-state index is 14.0. The molecular weight excluding hydrogens is 401 g/mol. The van der Waals surface area contributed by atoms with Gasteiger partial charge in [-0.15, -0.1) is 10.2 Å². The lowest BCUT2D eigenvalue weighted by atomic mass is 9.98. The molecular formula is C23H24FN3O2S. The number of ether oxygens (including phenoxy) is 1. The van der Waals surface area contributed by atoms with Crippen molar-refractivity contribution in [3.63, 3.8) is 0 Å². The highest BCUT2D eigenvalue weighted by molar-refractivity contribution is 7.14. The number of piperidine rings is 1. The SMILES string of the molecule is COc1ccc(CCC(=O)N2CCCC(c3nnc(-c4ccccc4F)s3)C2)cc1. The van der Waals surface area contributed by atoms with Crippen LogP contribution in [0.3, 0.4) is 0 Å². The maximum Gasteiger partial charge on any atom is 0.222 e. The predicted octanol–water partition coefficient (Wildman–Crippen LogP) is 4.69. The molecule has 156 valence electrons. The summed E-state index contributed by atoms with van der Waals surface area (Å²) in [5.41, 5.74) is 1.60. The second-order valence-corrected chi connectivity index (χ2v) is 8.46. The van der Waals surface area contributed by atoms with Crippen molar-refractivity contribution in [2.24, 2.45) is 0 Å². The van der Waals surface area contributed by atoms with Crippen molar-refractivity contribution in [3.8, 4) is 16.3 Å². The van der Waals surface area contributed by atoms with Gasteiger partial charge in [0.05, 0.1) is 7.11 Å². The van der Waals surface area contributed by atoms with E-state index in [0.717, 1.165) is 35.7 Å². The van der Waals surface area contributed by atoms with Crippen LogP contribution < -0.4 is 4.74 Å². The zero-order valence-electron chi connectivity index (χ0n) is 16.9. The summed E-state index contributed by atoms with van der Waals surface area (Å²) in [5, 5.41) is 9.98. The predicted molar refractivity (Wildman–Crippen MR) is 115 cm³/mol. The molecule has 1 aliphatic heterocycles. The number of rotatable bonds is 6. The normalized spacial score (nSPS) is 16.5. The van der Waals surface area contributed by atoms with E-state index in [0.29, 0.717) is 30.0 Å². The van der Waals surface area contributed by atoms with Crippen LogP contribution >= 0.6 is 11.3 Å². The molecule has 1 saturated heterocycles. The highest BCUT2D eigenvalue weighted by atomic mass is 32.1. The van der Waals surface area contributed by atoms with Gasteiger partial charge >= 0.3 is 0 Å². The quantitative estimate of drug-likeness (QED) is 0.575. The number of hydrogen-bond donors (Lipinski definition) is 0. The average molecular weight is 426 g/mol. The maximum absolute atomic E-state index is 14.0. The molecule has 0 aliphatic carbocycles. The number of aromatic nitrogens is 2. The molecule has 3 aromatic rings. The van der Waals surface area contributed by atoms with Crippen molar-refractivity contribution in [3.05, 3.63) is 64.9 Å². The average Bonchev–Trinajstić information content (AvgIpc) is 3.28. The molecule has 2 aromatic carbocycles. The molecule has 2 heterocycles. The Balaban J connectivity index is 1.37. The van der Waals surface area contributed by atoms with Crippen molar-refractivity contribution in [2.75, 3.05) is 20.2 Å². The minimum Gasteiger partial charge on any atom is -0.497 e. The number of carbonyl (C=O) groups excluding carboxylic acids is 1. The lowest BCUT2D eigenvalue weighted by Gasteiger charge is -2.31. The summed E-state index contributed by atoms with van der Waals surface area (Å²) in [5.74, 6) is 0.839. The second-order valence-electron chi connectivity index (χ2n) is 7.45. The number of hydrogen-bond acceptors (Lipinski definition) is 5. The number of nitrogens with zero attached hydrogens (tertiary/aromatic N) is 3. The van der Waals surface area contributed by atoms with E-state index in [1.807, 2.05) is 29.2 Å². The van der Waals surface area contributed by atoms with Gasteiger partial charge < -0.3 is 9.64 Å².